The molecule has 8 unspecified atom stereocenters. The van der Waals surface area contributed by atoms with Crippen molar-refractivity contribution in [3.8, 4) is 0 Å². The van der Waals surface area contributed by atoms with Crippen LogP contribution in [0.25, 0.3) is 0 Å². The molecule has 0 aliphatic carbocycles. The Labute approximate surface area is 589 Å². The van der Waals surface area contributed by atoms with Gasteiger partial charge >= 0.3 is 51.4 Å². The minimum Gasteiger partial charge on any atom is -0.870 e. The van der Waals surface area contributed by atoms with Crippen molar-refractivity contribution in [1.82, 2.24) is 0 Å². The van der Waals surface area contributed by atoms with Crippen molar-refractivity contribution in [2.75, 3.05) is 89.9 Å². The first-order chi connectivity index (χ1) is 40.1. The number of halogens is 2. The molecular weight excluding hydrogens is 1230 g/mol. The number of rotatable bonds is 57. The summed E-state index contributed by atoms with van der Waals surface area (Å²) in [5.41, 5.74) is 0. The first-order valence-electron chi connectivity index (χ1n) is 34.2. The summed E-state index contributed by atoms with van der Waals surface area (Å²) < 4.78 is 44.3. The van der Waals surface area contributed by atoms with Crippen LogP contribution in [0.15, 0.2) is 25.3 Å². The van der Waals surface area contributed by atoms with Gasteiger partial charge in [-0.05, 0) is 86.5 Å². The van der Waals surface area contributed by atoms with Crippen molar-refractivity contribution in [1.29, 1.82) is 0 Å². The molecule has 0 rings (SSSR count). The van der Waals surface area contributed by atoms with E-state index >= 15 is 0 Å². The number of alkyl halides is 2. The van der Waals surface area contributed by atoms with Crippen molar-refractivity contribution in [3.63, 3.8) is 0 Å². The summed E-state index contributed by atoms with van der Waals surface area (Å²) in [5.74, 6) is 0.678. The van der Waals surface area contributed by atoms with Gasteiger partial charge in [0.05, 0.1) is 95.6 Å². The molecule has 4 N–H and O–H groups in total. The minimum absolute atomic E-state index is 0. The summed E-state index contributed by atoms with van der Waals surface area (Å²) in [6.45, 7) is 41.3. The van der Waals surface area contributed by atoms with Crippen LogP contribution in [0.3, 0.4) is 0 Å². The zero-order chi connectivity index (χ0) is 63.5. The molecule has 514 valence electrons. The van der Waals surface area contributed by atoms with E-state index < -0.39 is 12.2 Å². The van der Waals surface area contributed by atoms with Crippen LogP contribution in [0.4, 0.5) is 0 Å². The van der Waals surface area contributed by atoms with Gasteiger partial charge in [-0.15, -0.1) is 13.2 Å². The molecule has 0 aliphatic rings. The maximum atomic E-state index is 9.05. The Morgan fingerprint density at radius 2 is 0.647 bits per heavy atom. The molecule has 0 radical (unpaired) electrons. The van der Waals surface area contributed by atoms with Crippen LogP contribution < -0.4 is 51.4 Å². The van der Waals surface area contributed by atoms with Crippen LogP contribution in [0, 0.1) is 5.92 Å². The molecule has 85 heavy (non-hydrogen) atoms. The second kappa shape index (κ2) is 94.3. The van der Waals surface area contributed by atoms with E-state index in [0.717, 1.165) is 51.2 Å². The maximum Gasteiger partial charge on any atom is 1.00 e. The van der Waals surface area contributed by atoms with E-state index in [2.05, 4.69) is 93.5 Å². The van der Waals surface area contributed by atoms with Crippen LogP contribution in [-0.2, 0) is 37.9 Å². The second-order valence-corrected chi connectivity index (χ2v) is 24.4. The molecule has 0 spiro atoms. The van der Waals surface area contributed by atoms with E-state index in [1.807, 2.05) is 20.8 Å². The van der Waals surface area contributed by atoms with Crippen LogP contribution in [0.2, 0.25) is 0 Å². The normalized spacial score (nSPS) is 13.4. The van der Waals surface area contributed by atoms with Gasteiger partial charge in [-0.25, -0.2) is 0 Å². The number of aliphatic hydroxyl groups excluding tert-OH is 3. The molecule has 0 heterocycles. The van der Waals surface area contributed by atoms with Gasteiger partial charge in [-0.2, -0.15) is 0 Å². The van der Waals surface area contributed by atoms with Crippen molar-refractivity contribution >= 4 is 31.9 Å². The monoisotopic (exact) mass is 1380 g/mol. The van der Waals surface area contributed by atoms with Crippen LogP contribution in [0.5, 0.6) is 0 Å². The third kappa shape index (κ3) is 114. The van der Waals surface area contributed by atoms with Crippen LogP contribution in [0.1, 0.15) is 289 Å². The van der Waals surface area contributed by atoms with E-state index in [9.17, 15) is 0 Å². The number of hydrogen-bond acceptors (Lipinski definition) is 12. The molecule has 15 heteroatoms. The number of allylic oxidation sites excluding steroid dienone is 1. The number of unbranched alkanes of at least 4 members (excludes halogenated alkanes) is 25. The molecule has 0 aromatic rings. The summed E-state index contributed by atoms with van der Waals surface area (Å²) in [6, 6.07) is 0. The molecule has 12 nitrogen and oxygen atoms in total. The Morgan fingerprint density at radius 3 is 0.953 bits per heavy atom. The predicted octanol–water partition coefficient (Wildman–Crippen LogP) is 16.6. The summed E-state index contributed by atoms with van der Waals surface area (Å²) in [6.07, 6.45) is 44.6. The standard InChI is InChI=1S/C22H46O2.C17H34O3.C14H30O3.C8H17Br.C6H14O3.C3H5Br.K.H2O/c1-5-7-9-11-13-15-17-21(3)19-24-22(4)20-23-18-16-14-12-10-8-6-2;1-5-7-8-9-10-11-13-18-14-16(3)20-15-17(4)19-12-6-2;1-4-5-6-7-8-9-10-16-12-14(3)17-11-13(2)15;1-2-3-4-5-6-7-8-9;1-5(8)4-9-6(2)3-7;1-2-3-4;;/h21-22H,5-20H2,1-4H3;6,16-17H,2,5,7-15H2,1,3-4H3;13-15H,4-12H2,1-3H3;2-8H2,1H3;5-8H,3-4H2,1-2H3;2H,1,3H2;;1H2/q;;;;;;+1;/p-1. The summed E-state index contributed by atoms with van der Waals surface area (Å²) in [5, 5.41) is 28.3. The third-order valence-corrected chi connectivity index (χ3v) is 13.9. The Kier molecular flexibility index (Phi) is 114. The van der Waals surface area contributed by atoms with Gasteiger partial charge < -0.3 is 58.7 Å². The van der Waals surface area contributed by atoms with Crippen molar-refractivity contribution in [2.45, 2.75) is 332 Å². The Hall–Kier alpha value is 1.60. The van der Waals surface area contributed by atoms with Crippen molar-refractivity contribution in [3.05, 3.63) is 25.3 Å². The molecule has 0 aromatic heterocycles. The average Bonchev–Trinajstić information content (AvgIpc) is 3.48. The van der Waals surface area contributed by atoms with Crippen molar-refractivity contribution in [2.24, 2.45) is 5.92 Å². The van der Waals surface area contributed by atoms with Gasteiger partial charge in [0.1, 0.15) is 0 Å². The topological polar surface area (TPSA) is 165 Å². The van der Waals surface area contributed by atoms with Crippen molar-refractivity contribution < 1.29 is 110 Å². The van der Waals surface area contributed by atoms with E-state index in [4.69, 9.17) is 53.2 Å². The van der Waals surface area contributed by atoms with Gasteiger partial charge in [0.25, 0.3) is 0 Å². The molecule has 0 saturated carbocycles. The third-order valence-electron chi connectivity index (χ3n) is 12.9. The van der Waals surface area contributed by atoms with Gasteiger partial charge in [-0.3, -0.25) is 0 Å². The van der Waals surface area contributed by atoms with Crippen LogP contribution >= 0.6 is 31.9 Å². The molecule has 0 aromatic carbocycles. The fourth-order valence-electron chi connectivity index (χ4n) is 7.65. The predicted molar refractivity (Wildman–Crippen MR) is 371 cm³/mol. The quantitative estimate of drug-likeness (QED) is 0.0229. The molecule has 0 bridgehead atoms. The number of ether oxygens (including phenoxy) is 8. The number of aliphatic hydroxyl groups is 3. The first-order valence-corrected chi connectivity index (χ1v) is 36.4. The zero-order valence-corrected chi connectivity index (χ0v) is 65.1. The SMILES string of the molecule is C=CCBr.C=CCOC(C)COC(C)COCCCCCCCC.CC(O)COC(C)CO.CCCCCCCCBr.CCCCCCCCOCC(C)OCC(C)CCCCCCCC.CCCCCCCCOCC(C)OCC(C)O.[K+].[OH-]. The van der Waals surface area contributed by atoms with Gasteiger partial charge in [0, 0.05) is 37.1 Å². The average molecular weight is 1380 g/mol. The van der Waals surface area contributed by atoms with Gasteiger partial charge in [0.15, 0.2) is 0 Å². The Bertz CT molecular complexity index is 1110. The largest absolute Gasteiger partial charge is 1.00 e. The molecule has 0 fully saturated rings. The fraction of sp³-hybridized carbons (Fsp3) is 0.943. The Balaban J connectivity index is -0.000000148. The number of hydrogen-bond donors (Lipinski definition) is 3. The zero-order valence-electron chi connectivity index (χ0n) is 58.8. The maximum absolute atomic E-state index is 9.05. The molecular formula is C70H147Br2KO12. The molecule has 0 aliphatic heterocycles. The second-order valence-electron chi connectivity index (χ2n) is 23.0. The van der Waals surface area contributed by atoms with Gasteiger partial charge in [-0.1, -0.05) is 252 Å². The van der Waals surface area contributed by atoms with Gasteiger partial charge in [0.2, 0.25) is 0 Å². The molecule has 0 saturated heterocycles. The molecule has 0 amide bonds. The fourth-order valence-corrected chi connectivity index (χ4v) is 8.04. The van der Waals surface area contributed by atoms with E-state index in [-0.39, 0.29) is 94.0 Å². The van der Waals surface area contributed by atoms with Crippen LogP contribution in [-0.4, -0.2) is 153 Å². The van der Waals surface area contributed by atoms with E-state index in [1.165, 1.54) is 192 Å². The minimum atomic E-state index is -0.445. The molecule has 8 atom stereocenters. The van der Waals surface area contributed by atoms with E-state index in [1.54, 1.807) is 32.9 Å². The smallest absolute Gasteiger partial charge is 0.870 e. The summed E-state index contributed by atoms with van der Waals surface area (Å²) in [7, 11) is 0. The first kappa shape index (κ1) is 103. The van der Waals surface area contributed by atoms with E-state index in [0.29, 0.717) is 45.6 Å². The Morgan fingerprint density at radius 1 is 0.365 bits per heavy atom. The summed E-state index contributed by atoms with van der Waals surface area (Å²) in [4.78, 5) is 0. The summed E-state index contributed by atoms with van der Waals surface area (Å²) >= 11 is 6.55.